The van der Waals surface area contributed by atoms with Crippen LogP contribution in [0, 0.1) is 17.6 Å². The molecule has 0 unspecified atom stereocenters. The number of hydrogen-bond donors (Lipinski definition) is 1. The highest BCUT2D eigenvalue weighted by atomic mass is 19.1. The number of hydrogen-bond acceptors (Lipinski definition) is 3. The summed E-state index contributed by atoms with van der Waals surface area (Å²) in [6.45, 7) is 1.68. The van der Waals surface area contributed by atoms with Crippen LogP contribution >= 0.6 is 0 Å². The summed E-state index contributed by atoms with van der Waals surface area (Å²) in [7, 11) is 0. The third kappa shape index (κ3) is 3.19. The molecule has 1 aromatic heterocycles. The highest BCUT2D eigenvalue weighted by molar-refractivity contribution is 5.19. The second-order valence-corrected chi connectivity index (χ2v) is 5.18. The molecule has 20 heavy (non-hydrogen) atoms. The van der Waals surface area contributed by atoms with Gasteiger partial charge in [0.05, 0.1) is 18.4 Å². The van der Waals surface area contributed by atoms with Crippen LogP contribution in [0.4, 0.5) is 8.78 Å². The fourth-order valence-corrected chi connectivity index (χ4v) is 2.07. The number of rotatable bonds is 6. The lowest BCUT2D eigenvalue weighted by molar-refractivity contribution is 0.528. The molecule has 1 aliphatic carbocycles. The Morgan fingerprint density at radius 3 is 2.70 bits per heavy atom. The molecule has 0 aliphatic heterocycles. The first-order valence-electron chi connectivity index (χ1n) is 6.75. The fraction of sp³-hybridized carbons (Fsp3) is 0.429. The average molecular weight is 278 g/mol. The van der Waals surface area contributed by atoms with Gasteiger partial charge in [0, 0.05) is 12.1 Å². The molecule has 3 rings (SSSR count). The van der Waals surface area contributed by atoms with E-state index in [4.69, 9.17) is 0 Å². The molecule has 1 saturated carbocycles. The largest absolute Gasteiger partial charge is 0.311 e. The minimum atomic E-state index is -0.561. The topological polar surface area (TPSA) is 42.7 Å². The molecule has 0 saturated heterocycles. The van der Waals surface area contributed by atoms with Gasteiger partial charge in [-0.1, -0.05) is 11.3 Å². The van der Waals surface area contributed by atoms with Crippen LogP contribution < -0.4 is 5.32 Å². The highest BCUT2D eigenvalue weighted by Gasteiger charge is 2.20. The quantitative estimate of drug-likeness (QED) is 0.880. The Bertz CT molecular complexity index is 572. The van der Waals surface area contributed by atoms with Crippen molar-refractivity contribution in [1.82, 2.24) is 20.3 Å². The van der Waals surface area contributed by atoms with Crippen molar-refractivity contribution in [3.05, 3.63) is 47.3 Å². The van der Waals surface area contributed by atoms with Crippen LogP contribution in [-0.4, -0.2) is 21.5 Å². The molecule has 0 spiro atoms. The molecule has 1 N–H and O–H groups in total. The van der Waals surface area contributed by atoms with E-state index in [2.05, 4.69) is 15.6 Å². The summed E-state index contributed by atoms with van der Waals surface area (Å²) in [5.74, 6) is -0.319. The van der Waals surface area contributed by atoms with E-state index < -0.39 is 11.6 Å². The van der Waals surface area contributed by atoms with E-state index >= 15 is 0 Å². The predicted octanol–water partition coefficient (Wildman–Crippen LogP) is 2.10. The lowest BCUT2D eigenvalue weighted by Crippen LogP contribution is -2.16. The van der Waals surface area contributed by atoms with Crippen LogP contribution in [0.25, 0.3) is 0 Å². The fourth-order valence-electron chi connectivity index (χ4n) is 2.07. The molecule has 4 nitrogen and oxygen atoms in total. The maximum Gasteiger partial charge on any atom is 0.131 e. The summed E-state index contributed by atoms with van der Waals surface area (Å²) in [6, 6.07) is 3.84. The number of nitrogens with one attached hydrogen (secondary N) is 1. The summed E-state index contributed by atoms with van der Waals surface area (Å²) in [5, 5.41) is 11.2. The normalized spacial score (nSPS) is 14.7. The second-order valence-electron chi connectivity index (χ2n) is 5.18. The van der Waals surface area contributed by atoms with Crippen LogP contribution in [0.2, 0.25) is 0 Å². The molecule has 2 aromatic rings. The van der Waals surface area contributed by atoms with Crippen molar-refractivity contribution in [1.29, 1.82) is 0 Å². The molecule has 1 fully saturated rings. The monoisotopic (exact) mass is 278 g/mol. The summed E-state index contributed by atoms with van der Waals surface area (Å²) in [6.07, 6.45) is 4.31. The summed E-state index contributed by atoms with van der Waals surface area (Å²) in [5.41, 5.74) is 0.789. The molecule has 0 bridgehead atoms. The minimum absolute atomic E-state index is 0.00916. The molecule has 1 heterocycles. The van der Waals surface area contributed by atoms with Crippen LogP contribution in [0.1, 0.15) is 24.1 Å². The third-order valence-corrected chi connectivity index (χ3v) is 3.40. The highest BCUT2D eigenvalue weighted by Crippen LogP contribution is 2.27. The Hall–Kier alpha value is -1.82. The Balaban J connectivity index is 1.61. The van der Waals surface area contributed by atoms with Crippen LogP contribution in [0.5, 0.6) is 0 Å². The zero-order chi connectivity index (χ0) is 13.9. The lowest BCUT2D eigenvalue weighted by atomic mass is 10.2. The van der Waals surface area contributed by atoms with E-state index in [0.717, 1.165) is 18.2 Å². The standard InChI is InChI=1S/C14H16F2N4/c15-13-2-1-3-14(16)12(13)9-20-8-11(18-19-20)7-17-6-10-4-5-10/h1-3,8,10,17H,4-7,9H2. The minimum Gasteiger partial charge on any atom is -0.311 e. The van der Waals surface area contributed by atoms with Crippen molar-refractivity contribution in [2.75, 3.05) is 6.54 Å². The maximum absolute atomic E-state index is 13.5. The average Bonchev–Trinajstić information content (AvgIpc) is 3.13. The van der Waals surface area contributed by atoms with E-state index in [1.807, 2.05) is 0 Å². The Kier molecular flexibility index (Phi) is 3.73. The van der Waals surface area contributed by atoms with Gasteiger partial charge in [0.25, 0.3) is 0 Å². The van der Waals surface area contributed by atoms with E-state index in [1.165, 1.54) is 35.7 Å². The van der Waals surface area contributed by atoms with E-state index in [9.17, 15) is 8.78 Å². The molecule has 0 radical (unpaired) electrons. The second kappa shape index (κ2) is 5.66. The smallest absolute Gasteiger partial charge is 0.131 e. The third-order valence-electron chi connectivity index (χ3n) is 3.40. The number of halogens is 2. The summed E-state index contributed by atoms with van der Waals surface area (Å²) < 4.78 is 28.5. The van der Waals surface area contributed by atoms with Gasteiger partial charge in [0.1, 0.15) is 11.6 Å². The summed E-state index contributed by atoms with van der Waals surface area (Å²) >= 11 is 0. The maximum atomic E-state index is 13.5. The molecule has 106 valence electrons. The molecule has 0 atom stereocenters. The van der Waals surface area contributed by atoms with Crippen LogP contribution in [-0.2, 0) is 13.1 Å². The zero-order valence-corrected chi connectivity index (χ0v) is 11.0. The van der Waals surface area contributed by atoms with Gasteiger partial charge in [-0.15, -0.1) is 5.10 Å². The van der Waals surface area contributed by atoms with Gasteiger partial charge in [-0.3, -0.25) is 0 Å². The Morgan fingerprint density at radius 1 is 1.25 bits per heavy atom. The SMILES string of the molecule is Fc1cccc(F)c1Cn1cc(CNCC2CC2)nn1. The molecule has 1 aliphatic rings. The van der Waals surface area contributed by atoms with Gasteiger partial charge in [-0.05, 0) is 37.4 Å². The molecular weight excluding hydrogens is 262 g/mol. The van der Waals surface area contributed by atoms with E-state index in [-0.39, 0.29) is 12.1 Å². The zero-order valence-electron chi connectivity index (χ0n) is 11.0. The molecular formula is C14H16F2N4. The van der Waals surface area contributed by atoms with Crippen LogP contribution in [0.3, 0.4) is 0 Å². The van der Waals surface area contributed by atoms with Crippen molar-refractivity contribution in [3.8, 4) is 0 Å². The number of benzene rings is 1. The number of nitrogens with zero attached hydrogens (tertiary/aromatic N) is 3. The summed E-state index contributed by atoms with van der Waals surface area (Å²) in [4.78, 5) is 0. The van der Waals surface area contributed by atoms with Gasteiger partial charge >= 0.3 is 0 Å². The van der Waals surface area contributed by atoms with Crippen LogP contribution in [0.15, 0.2) is 24.4 Å². The Morgan fingerprint density at radius 2 is 2.00 bits per heavy atom. The van der Waals surface area contributed by atoms with E-state index in [0.29, 0.717) is 6.54 Å². The molecule has 0 amide bonds. The van der Waals surface area contributed by atoms with E-state index in [1.54, 1.807) is 6.20 Å². The predicted molar refractivity (Wildman–Crippen MR) is 69.9 cm³/mol. The molecule has 6 heteroatoms. The van der Waals surface area contributed by atoms with Gasteiger partial charge in [0.15, 0.2) is 0 Å². The number of aromatic nitrogens is 3. The van der Waals surface area contributed by atoms with Crippen molar-refractivity contribution in [2.24, 2.45) is 5.92 Å². The van der Waals surface area contributed by atoms with Gasteiger partial charge < -0.3 is 5.32 Å². The molecule has 1 aromatic carbocycles. The Labute approximate surface area is 115 Å². The lowest BCUT2D eigenvalue weighted by Gasteiger charge is -2.04. The van der Waals surface area contributed by atoms with Crippen molar-refractivity contribution < 1.29 is 8.78 Å². The van der Waals surface area contributed by atoms with Crippen molar-refractivity contribution in [2.45, 2.75) is 25.9 Å². The van der Waals surface area contributed by atoms with Crippen molar-refractivity contribution >= 4 is 0 Å². The van der Waals surface area contributed by atoms with Gasteiger partial charge in [0.2, 0.25) is 0 Å². The first-order valence-corrected chi connectivity index (χ1v) is 6.75. The van der Waals surface area contributed by atoms with Gasteiger partial charge in [-0.2, -0.15) is 0 Å². The first-order chi connectivity index (χ1) is 9.72. The van der Waals surface area contributed by atoms with Gasteiger partial charge in [-0.25, -0.2) is 13.5 Å². The first kappa shape index (κ1) is 13.2. The van der Waals surface area contributed by atoms with Crippen molar-refractivity contribution in [3.63, 3.8) is 0 Å².